The topological polar surface area (TPSA) is 37.2 Å². The van der Waals surface area contributed by atoms with Gasteiger partial charge in [-0.15, -0.1) is 0 Å². The molecule has 4 aliphatic rings. The van der Waals surface area contributed by atoms with Crippen LogP contribution in [0.3, 0.4) is 0 Å². The first-order valence-electron chi connectivity index (χ1n) is 20.5. The predicted molar refractivity (Wildman–Crippen MR) is 241 cm³/mol. The number of para-hydroxylation sites is 1. The van der Waals surface area contributed by atoms with Crippen molar-refractivity contribution in [3.8, 4) is 33.8 Å². The number of amidine groups is 2. The molecule has 2 aliphatic carbocycles. The number of fused-ring (bicyclic) bond motifs is 12. The summed E-state index contributed by atoms with van der Waals surface area (Å²) < 4.78 is 6.78. The van der Waals surface area contributed by atoms with Crippen molar-refractivity contribution in [3.63, 3.8) is 0 Å². The fourth-order valence-corrected chi connectivity index (χ4v) is 10.2. The minimum absolute atomic E-state index is 0.265. The molecule has 0 bridgehead atoms. The molecule has 0 fully saturated rings. The molecule has 8 aromatic rings. The van der Waals surface area contributed by atoms with Crippen molar-refractivity contribution in [2.24, 2.45) is 9.98 Å². The molecule has 0 amide bonds. The molecule has 0 N–H and O–H groups in total. The van der Waals surface area contributed by atoms with E-state index in [4.69, 9.17) is 14.7 Å². The summed E-state index contributed by atoms with van der Waals surface area (Å²) in [7, 11) is 2.12. The second-order valence-corrected chi connectivity index (χ2v) is 16.0. The van der Waals surface area contributed by atoms with Gasteiger partial charge in [0.1, 0.15) is 23.5 Å². The molecule has 59 heavy (non-hydrogen) atoms. The molecule has 0 saturated carbocycles. The Labute approximate surface area is 344 Å². The zero-order valence-electron chi connectivity index (χ0n) is 32.6. The summed E-state index contributed by atoms with van der Waals surface area (Å²) in [5.41, 5.74) is 14.9. The Morgan fingerprint density at radius 1 is 0.576 bits per heavy atom. The van der Waals surface area contributed by atoms with Gasteiger partial charge in [-0.25, -0.2) is 9.98 Å². The Kier molecular flexibility index (Phi) is 7.52. The maximum Gasteiger partial charge on any atom is 0.159 e. The number of hydrogen-bond acceptors (Lipinski definition) is 4. The molecule has 0 aromatic heterocycles. The lowest BCUT2D eigenvalue weighted by molar-refractivity contribution is 0.383. The first kappa shape index (κ1) is 33.8. The molecule has 0 saturated heterocycles. The van der Waals surface area contributed by atoms with Crippen molar-refractivity contribution >= 4 is 28.5 Å². The SMILES string of the molecule is CN1C(c2ccccc2-c2ccc3c(c2)C2(c4ccccc4O3)c3ccccc3-c3ccccc32)=NC(c2ccc3c4c(ccc3c2)C=CCC4)=NC1c1ccccc1. The maximum atomic E-state index is 6.78. The second kappa shape index (κ2) is 13.1. The lowest BCUT2D eigenvalue weighted by Crippen LogP contribution is -2.36. The summed E-state index contributed by atoms with van der Waals surface area (Å²) in [6.45, 7) is 0. The first-order valence-corrected chi connectivity index (χ1v) is 20.5. The van der Waals surface area contributed by atoms with E-state index in [0.29, 0.717) is 0 Å². The highest BCUT2D eigenvalue weighted by atomic mass is 16.5. The molecule has 1 unspecified atom stereocenters. The second-order valence-electron chi connectivity index (χ2n) is 16.0. The van der Waals surface area contributed by atoms with Crippen LogP contribution in [0.2, 0.25) is 0 Å². The smallest absolute Gasteiger partial charge is 0.159 e. The number of benzene rings is 8. The van der Waals surface area contributed by atoms with Gasteiger partial charge in [-0.05, 0) is 98.0 Å². The fourth-order valence-electron chi connectivity index (χ4n) is 10.2. The fraction of sp³-hybridized carbons (Fsp3) is 0.0909. The largest absolute Gasteiger partial charge is 0.457 e. The molecule has 2 heterocycles. The average molecular weight is 758 g/mol. The van der Waals surface area contributed by atoms with Crippen LogP contribution in [0.15, 0.2) is 192 Å². The van der Waals surface area contributed by atoms with Gasteiger partial charge in [-0.1, -0.05) is 164 Å². The van der Waals surface area contributed by atoms with Crippen molar-refractivity contribution in [2.75, 3.05) is 7.05 Å². The van der Waals surface area contributed by atoms with Crippen LogP contribution < -0.4 is 4.74 Å². The highest BCUT2D eigenvalue weighted by molar-refractivity contribution is 6.16. The molecule has 1 spiro atoms. The van der Waals surface area contributed by atoms with Crippen LogP contribution in [0, 0.1) is 0 Å². The van der Waals surface area contributed by atoms with Crippen molar-refractivity contribution in [1.29, 1.82) is 0 Å². The Morgan fingerprint density at radius 2 is 1.24 bits per heavy atom. The van der Waals surface area contributed by atoms with Gasteiger partial charge in [0, 0.05) is 29.3 Å². The number of allylic oxidation sites excluding steroid dienone is 1. The van der Waals surface area contributed by atoms with Crippen molar-refractivity contribution in [2.45, 2.75) is 24.4 Å². The molecule has 280 valence electrons. The van der Waals surface area contributed by atoms with Gasteiger partial charge in [0.15, 0.2) is 5.84 Å². The molecular weight excluding hydrogens is 719 g/mol. The van der Waals surface area contributed by atoms with Crippen LogP contribution in [0.25, 0.3) is 39.1 Å². The molecule has 0 radical (unpaired) electrons. The predicted octanol–water partition coefficient (Wildman–Crippen LogP) is 12.8. The molecule has 8 aromatic carbocycles. The van der Waals surface area contributed by atoms with Crippen LogP contribution in [-0.4, -0.2) is 23.6 Å². The van der Waals surface area contributed by atoms with Crippen molar-refractivity contribution in [3.05, 3.63) is 232 Å². The van der Waals surface area contributed by atoms with Gasteiger partial charge in [0.05, 0.1) is 5.41 Å². The van der Waals surface area contributed by atoms with Crippen molar-refractivity contribution < 1.29 is 4.74 Å². The van der Waals surface area contributed by atoms with Gasteiger partial charge in [-0.2, -0.15) is 0 Å². The molecule has 12 rings (SSSR count). The van der Waals surface area contributed by atoms with Gasteiger partial charge >= 0.3 is 0 Å². The summed E-state index contributed by atoms with van der Waals surface area (Å²) in [6.07, 6.45) is 6.40. The van der Waals surface area contributed by atoms with Crippen LogP contribution in [0.5, 0.6) is 11.5 Å². The molecular formula is C55H39N3O. The van der Waals surface area contributed by atoms with E-state index in [9.17, 15) is 0 Å². The number of aliphatic imine (C=N–C) groups is 2. The van der Waals surface area contributed by atoms with Gasteiger partial charge < -0.3 is 9.64 Å². The minimum atomic E-state index is -0.550. The zero-order chi connectivity index (χ0) is 39.1. The number of aryl methyl sites for hydroxylation is 1. The van der Waals surface area contributed by atoms with E-state index in [0.717, 1.165) is 75.0 Å². The number of rotatable bonds is 4. The standard InChI is InChI=1S/C55H39N3O/c1-58-53(36-16-3-2-4-17-36)56-52(39-29-31-42-37(33-39)28-27-35-15-5-6-18-40(35)42)57-54(58)45-22-8-7-19-41(45)38-30-32-51-49(34-38)55(48-25-13-14-26-50(48)59-51)46-23-11-9-20-43(46)44-21-10-12-24-47(44)55/h2-5,7-17,19-34,53H,6,18H2,1H3. The first-order chi connectivity index (χ1) is 29.2. The zero-order valence-corrected chi connectivity index (χ0v) is 32.6. The lowest BCUT2D eigenvalue weighted by atomic mass is 9.65. The van der Waals surface area contributed by atoms with Crippen LogP contribution in [0.1, 0.15) is 62.7 Å². The summed E-state index contributed by atoms with van der Waals surface area (Å²) in [5, 5.41) is 2.52. The maximum absolute atomic E-state index is 6.78. The van der Waals surface area contributed by atoms with Gasteiger partial charge in [0.2, 0.25) is 0 Å². The lowest BCUT2D eigenvalue weighted by Gasteiger charge is -2.39. The van der Waals surface area contributed by atoms with Crippen molar-refractivity contribution in [1.82, 2.24) is 4.90 Å². The molecule has 2 aliphatic heterocycles. The highest BCUT2D eigenvalue weighted by Crippen LogP contribution is 2.62. The summed E-state index contributed by atoms with van der Waals surface area (Å²) in [4.78, 5) is 13.1. The van der Waals surface area contributed by atoms with E-state index < -0.39 is 5.41 Å². The Balaban J connectivity index is 1.04. The summed E-state index contributed by atoms with van der Waals surface area (Å²) in [5.74, 6) is 3.37. The third-order valence-electron chi connectivity index (χ3n) is 12.9. The van der Waals surface area contributed by atoms with E-state index >= 15 is 0 Å². The molecule has 4 heteroatoms. The normalized spacial score (nSPS) is 16.6. The summed E-state index contributed by atoms with van der Waals surface area (Å²) >= 11 is 0. The number of nitrogens with zero attached hydrogens (tertiary/aromatic N) is 3. The summed E-state index contributed by atoms with van der Waals surface area (Å²) in [6, 6.07) is 63.6. The Hall–Kier alpha value is -7.30. The quantitative estimate of drug-likeness (QED) is 0.179. The van der Waals surface area contributed by atoms with Crippen LogP contribution >= 0.6 is 0 Å². The monoisotopic (exact) mass is 757 g/mol. The van der Waals surface area contributed by atoms with Gasteiger partial charge in [0.25, 0.3) is 0 Å². The van der Waals surface area contributed by atoms with E-state index in [1.807, 2.05) is 0 Å². The molecule has 4 nitrogen and oxygen atoms in total. The Morgan fingerprint density at radius 3 is 2.03 bits per heavy atom. The number of hydrogen-bond donors (Lipinski definition) is 0. The van der Waals surface area contributed by atoms with Gasteiger partial charge in [-0.3, -0.25) is 0 Å². The Bertz CT molecular complexity index is 3070. The van der Waals surface area contributed by atoms with E-state index in [2.05, 4.69) is 200 Å². The number of ether oxygens (including phenoxy) is 1. The minimum Gasteiger partial charge on any atom is -0.457 e. The van der Waals surface area contributed by atoms with E-state index in [1.54, 1.807) is 0 Å². The highest BCUT2D eigenvalue weighted by Gasteiger charge is 2.51. The van der Waals surface area contributed by atoms with Crippen LogP contribution in [-0.2, 0) is 11.8 Å². The van der Waals surface area contributed by atoms with Crippen LogP contribution in [0.4, 0.5) is 0 Å². The average Bonchev–Trinajstić information content (AvgIpc) is 3.59. The van der Waals surface area contributed by atoms with E-state index in [1.165, 1.54) is 44.2 Å². The van der Waals surface area contributed by atoms with E-state index in [-0.39, 0.29) is 6.17 Å². The molecule has 1 atom stereocenters. The third-order valence-corrected chi connectivity index (χ3v) is 12.9. The third kappa shape index (κ3) is 5.02.